The topological polar surface area (TPSA) is 72.9 Å². The Labute approximate surface area is 172 Å². The van der Waals surface area contributed by atoms with E-state index in [9.17, 15) is 14.7 Å². The number of carboxylic acids is 1. The van der Waals surface area contributed by atoms with E-state index in [1.807, 2.05) is 18.7 Å². The summed E-state index contributed by atoms with van der Waals surface area (Å²) in [6.45, 7) is 7.78. The molecule has 2 aromatic carbocycles. The molecule has 2 aromatic rings. The van der Waals surface area contributed by atoms with Crippen molar-refractivity contribution in [3.63, 3.8) is 0 Å². The van der Waals surface area contributed by atoms with Gasteiger partial charge in [0.2, 0.25) is 5.91 Å². The first-order valence-corrected chi connectivity index (χ1v) is 10.4. The van der Waals surface area contributed by atoms with Crippen LogP contribution in [-0.2, 0) is 16.1 Å². The van der Waals surface area contributed by atoms with Crippen LogP contribution in [0.5, 0.6) is 0 Å². The second-order valence-corrected chi connectivity index (χ2v) is 7.88. The number of piperazine rings is 1. The number of nitrogens with zero attached hydrogens (tertiary/aromatic N) is 2. The highest BCUT2D eigenvalue weighted by molar-refractivity contribution is 5.85. The van der Waals surface area contributed by atoms with Gasteiger partial charge in [-0.25, -0.2) is 0 Å². The predicted molar refractivity (Wildman–Crippen MR) is 115 cm³/mol. The average Bonchev–Trinajstić information content (AvgIpc) is 2.74. The summed E-state index contributed by atoms with van der Waals surface area (Å²) >= 11 is 0. The number of rotatable bonds is 8. The molecule has 0 aliphatic carbocycles. The predicted octanol–water partition coefficient (Wildman–Crippen LogP) is 2.57. The van der Waals surface area contributed by atoms with E-state index in [1.165, 1.54) is 16.3 Å². The number of nitrogens with one attached hydrogen (secondary N) is 1. The van der Waals surface area contributed by atoms with Crippen molar-refractivity contribution in [1.82, 2.24) is 15.1 Å². The molecule has 0 spiro atoms. The molecule has 3 rings (SSSR count). The molecular formula is C23H31N3O3. The van der Waals surface area contributed by atoms with Crippen LogP contribution < -0.4 is 5.32 Å². The van der Waals surface area contributed by atoms with Crippen molar-refractivity contribution in [2.24, 2.45) is 5.92 Å². The van der Waals surface area contributed by atoms with Crippen molar-refractivity contribution in [2.75, 3.05) is 32.7 Å². The highest BCUT2D eigenvalue weighted by Gasteiger charge is 2.26. The van der Waals surface area contributed by atoms with Crippen molar-refractivity contribution in [3.8, 4) is 0 Å². The van der Waals surface area contributed by atoms with E-state index in [0.717, 1.165) is 26.1 Å². The Kier molecular flexibility index (Phi) is 7.23. The number of carbonyl (C=O) groups is 2. The van der Waals surface area contributed by atoms with Gasteiger partial charge in [0.15, 0.2) is 0 Å². The molecule has 2 N–H and O–H groups in total. The molecule has 1 aliphatic heterocycles. The molecular weight excluding hydrogens is 366 g/mol. The molecule has 1 saturated heterocycles. The number of carboxylic acid groups (broad SMARTS) is 1. The first kappa shape index (κ1) is 21.3. The molecule has 0 radical (unpaired) electrons. The Bertz CT molecular complexity index is 841. The molecule has 6 heteroatoms. The van der Waals surface area contributed by atoms with Crippen LogP contribution in [0.1, 0.15) is 25.8 Å². The van der Waals surface area contributed by atoms with Crippen LogP contribution in [0, 0.1) is 5.92 Å². The molecule has 0 aromatic heterocycles. The van der Waals surface area contributed by atoms with Crippen molar-refractivity contribution in [1.29, 1.82) is 0 Å². The number of amides is 1. The van der Waals surface area contributed by atoms with Gasteiger partial charge >= 0.3 is 5.97 Å². The molecule has 1 heterocycles. The molecule has 1 aliphatic rings. The van der Waals surface area contributed by atoms with Gasteiger partial charge in [0.05, 0.1) is 6.54 Å². The van der Waals surface area contributed by atoms with Gasteiger partial charge in [-0.1, -0.05) is 62.7 Å². The lowest BCUT2D eigenvalue weighted by Gasteiger charge is -2.35. The molecule has 1 fully saturated rings. The smallest absolute Gasteiger partial charge is 0.320 e. The van der Waals surface area contributed by atoms with Crippen molar-refractivity contribution in [2.45, 2.75) is 32.9 Å². The lowest BCUT2D eigenvalue weighted by Crippen LogP contribution is -2.52. The lowest BCUT2D eigenvalue weighted by atomic mass is 9.99. The molecule has 156 valence electrons. The summed E-state index contributed by atoms with van der Waals surface area (Å²) in [5.41, 5.74) is 1.31. The quantitative estimate of drug-likeness (QED) is 0.716. The van der Waals surface area contributed by atoms with Crippen LogP contribution in [0.15, 0.2) is 42.5 Å². The second kappa shape index (κ2) is 9.85. The van der Waals surface area contributed by atoms with Gasteiger partial charge in [-0.3, -0.25) is 19.8 Å². The van der Waals surface area contributed by atoms with E-state index in [2.05, 4.69) is 52.7 Å². The van der Waals surface area contributed by atoms with Gasteiger partial charge in [-0.05, 0) is 22.3 Å². The zero-order valence-corrected chi connectivity index (χ0v) is 17.3. The van der Waals surface area contributed by atoms with Crippen LogP contribution >= 0.6 is 0 Å². The zero-order valence-electron chi connectivity index (χ0n) is 17.3. The summed E-state index contributed by atoms with van der Waals surface area (Å²) in [7, 11) is 0. The largest absolute Gasteiger partial charge is 0.480 e. The molecule has 0 bridgehead atoms. The number of fused-ring (bicyclic) bond motifs is 1. The minimum Gasteiger partial charge on any atom is -0.480 e. The summed E-state index contributed by atoms with van der Waals surface area (Å²) < 4.78 is 0. The molecule has 2 atom stereocenters. The maximum Gasteiger partial charge on any atom is 0.320 e. The Hall–Kier alpha value is -2.44. The summed E-state index contributed by atoms with van der Waals surface area (Å²) in [5.74, 6) is -0.936. The Morgan fingerprint density at radius 3 is 2.45 bits per heavy atom. The number of hydrogen-bond acceptors (Lipinski definition) is 4. The van der Waals surface area contributed by atoms with Gasteiger partial charge in [-0.15, -0.1) is 0 Å². The number of carbonyl (C=O) groups excluding carboxylic acids is 1. The van der Waals surface area contributed by atoms with E-state index >= 15 is 0 Å². The fourth-order valence-electron chi connectivity index (χ4n) is 3.90. The minimum absolute atomic E-state index is 0.0159. The van der Waals surface area contributed by atoms with Crippen LogP contribution in [-0.4, -0.2) is 65.5 Å². The second-order valence-electron chi connectivity index (χ2n) is 7.88. The minimum atomic E-state index is -0.896. The number of benzene rings is 2. The molecule has 29 heavy (non-hydrogen) atoms. The highest BCUT2D eigenvalue weighted by atomic mass is 16.4. The van der Waals surface area contributed by atoms with Gasteiger partial charge in [0.25, 0.3) is 0 Å². The first-order valence-electron chi connectivity index (χ1n) is 10.4. The zero-order chi connectivity index (χ0) is 20.8. The lowest BCUT2D eigenvalue weighted by molar-refractivity contribution is -0.141. The summed E-state index contributed by atoms with van der Waals surface area (Å²) in [6.07, 6.45) is 0.755. The number of hydrogen-bond donors (Lipinski definition) is 2. The van der Waals surface area contributed by atoms with Crippen LogP contribution in [0.25, 0.3) is 10.8 Å². The van der Waals surface area contributed by atoms with E-state index in [1.54, 1.807) is 0 Å². The molecule has 1 amide bonds. The third-order valence-corrected chi connectivity index (χ3v) is 5.95. The maximum absolute atomic E-state index is 12.5. The van der Waals surface area contributed by atoms with E-state index in [0.29, 0.717) is 13.1 Å². The fourth-order valence-corrected chi connectivity index (χ4v) is 3.90. The average molecular weight is 398 g/mol. The summed E-state index contributed by atoms with van der Waals surface area (Å²) in [5, 5.41) is 14.8. The molecule has 0 saturated carbocycles. The van der Waals surface area contributed by atoms with E-state index in [4.69, 9.17) is 0 Å². The van der Waals surface area contributed by atoms with E-state index in [-0.39, 0.29) is 18.4 Å². The van der Waals surface area contributed by atoms with Crippen LogP contribution in [0.2, 0.25) is 0 Å². The number of aliphatic carboxylic acids is 1. The van der Waals surface area contributed by atoms with Crippen molar-refractivity contribution >= 4 is 22.6 Å². The summed E-state index contributed by atoms with van der Waals surface area (Å²) in [4.78, 5) is 28.1. The van der Waals surface area contributed by atoms with Crippen LogP contribution in [0.3, 0.4) is 0 Å². The Balaban J connectivity index is 1.51. The SMILES string of the molecule is CC[C@H](C)[C@H](NCC(=O)N1CCN(Cc2cccc3ccccc23)CC1)C(=O)O. The first-order chi connectivity index (χ1) is 14.0. The molecule has 0 unspecified atom stereocenters. The van der Waals surface area contributed by atoms with Gasteiger partial charge in [0, 0.05) is 32.7 Å². The Morgan fingerprint density at radius 1 is 1.07 bits per heavy atom. The summed E-state index contributed by atoms with van der Waals surface area (Å²) in [6, 6.07) is 14.1. The van der Waals surface area contributed by atoms with E-state index < -0.39 is 12.0 Å². The van der Waals surface area contributed by atoms with Crippen molar-refractivity contribution in [3.05, 3.63) is 48.0 Å². The Morgan fingerprint density at radius 2 is 1.76 bits per heavy atom. The highest BCUT2D eigenvalue weighted by Crippen LogP contribution is 2.20. The standard InChI is InChI=1S/C23H31N3O3/c1-3-17(2)22(23(28)29)24-15-21(27)26-13-11-25(12-14-26)16-19-9-6-8-18-7-4-5-10-20(18)19/h4-10,17,22,24H,3,11-16H2,1-2H3,(H,28,29)/t17-,22-/m0/s1. The normalized spacial score (nSPS) is 17.2. The monoisotopic (exact) mass is 397 g/mol. The van der Waals surface area contributed by atoms with Crippen molar-refractivity contribution < 1.29 is 14.7 Å². The third kappa shape index (κ3) is 5.34. The third-order valence-electron chi connectivity index (χ3n) is 5.95. The molecule has 6 nitrogen and oxygen atoms in total. The van der Waals surface area contributed by atoms with Gasteiger partial charge in [-0.2, -0.15) is 0 Å². The fraction of sp³-hybridized carbons (Fsp3) is 0.478. The maximum atomic E-state index is 12.5. The van der Waals surface area contributed by atoms with Gasteiger partial charge < -0.3 is 10.0 Å². The van der Waals surface area contributed by atoms with Gasteiger partial charge in [0.1, 0.15) is 6.04 Å². The van der Waals surface area contributed by atoms with Crippen LogP contribution in [0.4, 0.5) is 0 Å².